The number of benzene rings is 1. The second kappa shape index (κ2) is 9.71. The van der Waals surface area contributed by atoms with Crippen molar-refractivity contribution >= 4 is 17.5 Å². The number of aliphatic hydroxyl groups is 1. The molecule has 2 amide bonds. The Morgan fingerprint density at radius 2 is 2.14 bits per heavy atom. The lowest BCUT2D eigenvalue weighted by Crippen LogP contribution is -2.53. The van der Waals surface area contributed by atoms with E-state index in [-0.39, 0.29) is 18.4 Å². The molecule has 1 saturated heterocycles. The molecule has 2 heterocycles. The quantitative estimate of drug-likeness (QED) is 0.509. The Hall–Kier alpha value is -2.38. The van der Waals surface area contributed by atoms with Crippen LogP contribution in [0.4, 0.5) is 5.69 Å². The van der Waals surface area contributed by atoms with Crippen molar-refractivity contribution in [2.45, 2.75) is 45.0 Å². The maximum atomic E-state index is 12.9. The lowest BCUT2D eigenvalue weighted by atomic mass is 10.1. The Bertz CT molecular complexity index is 721. The molecule has 7 heteroatoms. The van der Waals surface area contributed by atoms with Crippen LogP contribution >= 0.6 is 0 Å². The van der Waals surface area contributed by atoms with Crippen molar-refractivity contribution in [1.29, 1.82) is 0 Å². The van der Waals surface area contributed by atoms with Crippen LogP contribution in [0.3, 0.4) is 0 Å². The van der Waals surface area contributed by atoms with Crippen LogP contribution in [0.25, 0.3) is 0 Å². The summed E-state index contributed by atoms with van der Waals surface area (Å²) >= 11 is 0. The molecular formula is C21H30N4O3. The van der Waals surface area contributed by atoms with Gasteiger partial charge >= 0.3 is 0 Å². The van der Waals surface area contributed by atoms with Crippen molar-refractivity contribution in [1.82, 2.24) is 15.1 Å². The highest BCUT2D eigenvalue weighted by Crippen LogP contribution is 2.15. The molecule has 2 aliphatic rings. The fourth-order valence-corrected chi connectivity index (χ4v) is 3.67. The summed E-state index contributed by atoms with van der Waals surface area (Å²) < 4.78 is 0. The van der Waals surface area contributed by atoms with Crippen molar-refractivity contribution in [2.75, 3.05) is 31.5 Å². The average Bonchev–Trinajstić information content (AvgIpc) is 2.85. The molecule has 0 radical (unpaired) electrons. The van der Waals surface area contributed by atoms with Gasteiger partial charge in [-0.1, -0.05) is 24.3 Å². The molecule has 3 rings (SSSR count). The molecule has 1 fully saturated rings. The molecule has 1 unspecified atom stereocenters. The lowest BCUT2D eigenvalue weighted by Gasteiger charge is -2.30. The van der Waals surface area contributed by atoms with Crippen LogP contribution in [0.1, 0.15) is 31.2 Å². The van der Waals surface area contributed by atoms with Crippen LogP contribution in [0, 0.1) is 6.92 Å². The van der Waals surface area contributed by atoms with Crippen LogP contribution in [0.5, 0.6) is 0 Å². The fraction of sp³-hybridized carbons (Fsp3) is 0.524. The lowest BCUT2D eigenvalue weighted by molar-refractivity contribution is -0.141. The SMILES string of the molecule is Cc1cccc(NC(O)N[C@H]2CCCCN(CC(=O)N3CC=CCC3)C2=O)c1. The third kappa shape index (κ3) is 5.56. The second-order valence-electron chi connectivity index (χ2n) is 7.49. The van der Waals surface area contributed by atoms with Gasteiger partial charge in [-0.15, -0.1) is 0 Å². The van der Waals surface area contributed by atoms with Gasteiger partial charge < -0.3 is 20.2 Å². The Morgan fingerprint density at radius 3 is 2.89 bits per heavy atom. The molecule has 0 aromatic heterocycles. The number of nitrogens with zero attached hydrogens (tertiary/aromatic N) is 2. The Kier molecular flexibility index (Phi) is 7.06. The summed E-state index contributed by atoms with van der Waals surface area (Å²) in [7, 11) is 0. The Morgan fingerprint density at radius 1 is 1.29 bits per heavy atom. The molecule has 1 aromatic carbocycles. The highest BCUT2D eigenvalue weighted by molar-refractivity contribution is 5.88. The summed E-state index contributed by atoms with van der Waals surface area (Å²) in [6.07, 6.45) is 6.25. The molecule has 3 N–H and O–H groups in total. The number of aliphatic hydroxyl groups excluding tert-OH is 1. The van der Waals surface area contributed by atoms with Crippen LogP contribution in [-0.2, 0) is 9.59 Å². The summed E-state index contributed by atoms with van der Waals surface area (Å²) in [5.41, 5.74) is 1.87. The minimum Gasteiger partial charge on any atom is -0.361 e. The minimum atomic E-state index is -1.04. The van der Waals surface area contributed by atoms with E-state index in [1.165, 1.54) is 0 Å². The van der Waals surface area contributed by atoms with Crippen molar-refractivity contribution in [3.63, 3.8) is 0 Å². The standard InChI is InChI=1S/C21H30N4O3/c1-16-8-7-9-17(14-16)22-21(28)23-18-10-3-6-13-25(20(18)27)15-19(26)24-11-4-2-5-12-24/h2,4,7-9,14,18,21-23,28H,3,5-6,10-13,15H2,1H3/t18-,21?/m0/s1. The van der Waals surface area contributed by atoms with E-state index in [2.05, 4.69) is 16.7 Å². The summed E-state index contributed by atoms with van der Waals surface area (Å²) in [4.78, 5) is 28.9. The van der Waals surface area contributed by atoms with Crippen LogP contribution < -0.4 is 10.6 Å². The summed E-state index contributed by atoms with van der Waals surface area (Å²) in [6.45, 7) is 3.98. The van der Waals surface area contributed by atoms with Gasteiger partial charge in [0.25, 0.3) is 0 Å². The molecule has 0 bridgehead atoms. The molecule has 152 valence electrons. The maximum absolute atomic E-state index is 12.9. The van der Waals surface area contributed by atoms with Gasteiger partial charge in [-0.05, 0) is 50.3 Å². The number of hydrogen-bond donors (Lipinski definition) is 3. The van der Waals surface area contributed by atoms with E-state index in [1.807, 2.05) is 37.3 Å². The third-order valence-electron chi connectivity index (χ3n) is 5.20. The number of carbonyl (C=O) groups is 2. The highest BCUT2D eigenvalue weighted by Gasteiger charge is 2.30. The van der Waals surface area contributed by atoms with Crippen molar-refractivity contribution < 1.29 is 14.7 Å². The number of aryl methyl sites for hydroxylation is 1. The van der Waals surface area contributed by atoms with Crippen molar-refractivity contribution in [3.8, 4) is 0 Å². The Labute approximate surface area is 166 Å². The molecule has 2 aliphatic heterocycles. The molecule has 28 heavy (non-hydrogen) atoms. The van der Waals surface area contributed by atoms with Crippen LogP contribution in [0.2, 0.25) is 0 Å². The van der Waals surface area contributed by atoms with Crippen molar-refractivity contribution in [2.24, 2.45) is 0 Å². The summed E-state index contributed by atoms with van der Waals surface area (Å²) in [5, 5.41) is 16.3. The summed E-state index contributed by atoms with van der Waals surface area (Å²) in [6, 6.07) is 7.17. The largest absolute Gasteiger partial charge is 0.361 e. The molecule has 0 saturated carbocycles. The minimum absolute atomic E-state index is 0.0169. The predicted molar refractivity (Wildman–Crippen MR) is 109 cm³/mol. The van der Waals surface area contributed by atoms with Crippen LogP contribution in [-0.4, -0.2) is 65.3 Å². The molecule has 0 spiro atoms. The number of carbonyl (C=O) groups excluding carboxylic acids is 2. The van der Waals surface area contributed by atoms with Crippen LogP contribution in [0.15, 0.2) is 36.4 Å². The molecule has 1 aromatic rings. The topological polar surface area (TPSA) is 84.9 Å². The number of amides is 2. The second-order valence-corrected chi connectivity index (χ2v) is 7.49. The van der Waals surface area contributed by atoms with Gasteiger partial charge in [0.1, 0.15) is 0 Å². The number of rotatable bonds is 6. The van der Waals surface area contributed by atoms with E-state index < -0.39 is 12.4 Å². The van der Waals surface area contributed by atoms with E-state index in [9.17, 15) is 14.7 Å². The Balaban J connectivity index is 1.57. The van der Waals surface area contributed by atoms with Gasteiger partial charge in [-0.2, -0.15) is 0 Å². The van der Waals surface area contributed by atoms with Gasteiger partial charge in [0.05, 0.1) is 12.6 Å². The fourth-order valence-electron chi connectivity index (χ4n) is 3.67. The van der Waals surface area contributed by atoms with E-state index >= 15 is 0 Å². The molecule has 2 atom stereocenters. The van der Waals surface area contributed by atoms with Crippen molar-refractivity contribution in [3.05, 3.63) is 42.0 Å². The van der Waals surface area contributed by atoms with Gasteiger partial charge in [0, 0.05) is 25.3 Å². The number of likely N-dealkylation sites (tertiary alicyclic amines) is 1. The maximum Gasteiger partial charge on any atom is 0.242 e. The van der Waals surface area contributed by atoms with E-state index in [0.29, 0.717) is 26.1 Å². The monoisotopic (exact) mass is 386 g/mol. The highest BCUT2D eigenvalue weighted by atomic mass is 16.3. The molecule has 0 aliphatic carbocycles. The first-order chi connectivity index (χ1) is 13.5. The average molecular weight is 386 g/mol. The first-order valence-corrected chi connectivity index (χ1v) is 10.0. The van der Waals surface area contributed by atoms with Gasteiger partial charge in [0.2, 0.25) is 11.8 Å². The van der Waals surface area contributed by atoms with E-state index in [0.717, 1.165) is 30.5 Å². The van der Waals surface area contributed by atoms with E-state index in [4.69, 9.17) is 0 Å². The van der Waals surface area contributed by atoms with E-state index in [1.54, 1.807) is 9.80 Å². The van der Waals surface area contributed by atoms with Gasteiger partial charge in [0.15, 0.2) is 6.35 Å². The first kappa shape index (κ1) is 20.4. The number of hydrogen-bond acceptors (Lipinski definition) is 5. The molecular weight excluding hydrogens is 356 g/mol. The number of anilines is 1. The third-order valence-corrected chi connectivity index (χ3v) is 5.20. The number of nitrogens with one attached hydrogen (secondary N) is 2. The molecule has 7 nitrogen and oxygen atoms in total. The normalized spacial score (nSPS) is 21.4. The zero-order valence-corrected chi connectivity index (χ0v) is 16.4. The van der Waals surface area contributed by atoms with Gasteiger partial charge in [-0.25, -0.2) is 0 Å². The zero-order chi connectivity index (χ0) is 19.9. The summed E-state index contributed by atoms with van der Waals surface area (Å²) in [5.74, 6) is -0.139. The van der Waals surface area contributed by atoms with Gasteiger partial charge in [-0.3, -0.25) is 14.9 Å². The predicted octanol–water partition coefficient (Wildman–Crippen LogP) is 1.44. The smallest absolute Gasteiger partial charge is 0.242 e. The first-order valence-electron chi connectivity index (χ1n) is 10.0. The zero-order valence-electron chi connectivity index (χ0n) is 16.4.